The van der Waals surface area contributed by atoms with Crippen molar-refractivity contribution in [3.63, 3.8) is 0 Å². The summed E-state index contributed by atoms with van der Waals surface area (Å²) in [5.74, 6) is 2.27. The maximum Gasteiger partial charge on any atom is 0.223 e. The van der Waals surface area contributed by atoms with E-state index in [1.807, 2.05) is 0 Å². The van der Waals surface area contributed by atoms with Crippen LogP contribution in [0.3, 0.4) is 0 Å². The minimum atomic E-state index is 0.0892. The van der Waals surface area contributed by atoms with E-state index in [0.29, 0.717) is 31.4 Å². The van der Waals surface area contributed by atoms with Crippen LogP contribution in [0, 0.1) is 12.8 Å². The molecule has 0 fully saturated rings. The number of carbonyl (C=O) groups is 1. The summed E-state index contributed by atoms with van der Waals surface area (Å²) >= 11 is 0. The summed E-state index contributed by atoms with van der Waals surface area (Å²) in [6.07, 6.45) is 1.61. The largest absolute Gasteiger partial charge is 0.490 e. The lowest BCUT2D eigenvalue weighted by Gasteiger charge is -2.20. The van der Waals surface area contributed by atoms with Gasteiger partial charge in [0.25, 0.3) is 0 Å². The number of aliphatic imine (C=N–C) groups is 1. The summed E-state index contributed by atoms with van der Waals surface area (Å²) in [5, 5.41) is 6.47. The van der Waals surface area contributed by atoms with Crippen molar-refractivity contribution in [1.29, 1.82) is 0 Å². The number of nitrogens with one attached hydrogen (secondary N) is 2. The zero-order chi connectivity index (χ0) is 20.4. The Bertz CT molecular complexity index is 627. The Balaban J connectivity index is 2.65. The molecule has 0 saturated carbocycles. The summed E-state index contributed by atoms with van der Waals surface area (Å²) < 4.78 is 6.19. The first kappa shape index (κ1) is 22.8. The zero-order valence-electron chi connectivity index (χ0n) is 17.9. The molecule has 6 nitrogen and oxygen atoms in total. The monoisotopic (exact) mass is 376 g/mol. The second kappa shape index (κ2) is 11.5. The highest BCUT2D eigenvalue weighted by molar-refractivity contribution is 5.81. The minimum absolute atomic E-state index is 0.0892. The van der Waals surface area contributed by atoms with Crippen molar-refractivity contribution < 1.29 is 9.53 Å². The third-order valence-corrected chi connectivity index (χ3v) is 4.15. The van der Waals surface area contributed by atoms with Crippen LogP contribution < -0.4 is 15.4 Å². The van der Waals surface area contributed by atoms with Gasteiger partial charge in [-0.2, -0.15) is 0 Å². The molecule has 0 aromatic heterocycles. The predicted octanol–water partition coefficient (Wildman–Crippen LogP) is 2.95. The molecule has 0 aliphatic carbocycles. The average molecular weight is 377 g/mol. The van der Waals surface area contributed by atoms with Gasteiger partial charge in [-0.05, 0) is 37.8 Å². The Morgan fingerprint density at radius 2 is 1.93 bits per heavy atom. The number of benzene rings is 1. The van der Waals surface area contributed by atoms with Gasteiger partial charge in [-0.1, -0.05) is 26.0 Å². The number of ether oxygens (including phenoxy) is 1. The summed E-state index contributed by atoms with van der Waals surface area (Å²) in [7, 11) is 5.24. The van der Waals surface area contributed by atoms with Crippen molar-refractivity contribution in [3.8, 4) is 5.75 Å². The van der Waals surface area contributed by atoms with E-state index in [0.717, 1.165) is 17.7 Å². The summed E-state index contributed by atoms with van der Waals surface area (Å²) in [5.41, 5.74) is 2.26. The number of amides is 1. The van der Waals surface area contributed by atoms with Gasteiger partial charge in [-0.25, -0.2) is 0 Å². The number of hydrogen-bond donors (Lipinski definition) is 2. The van der Waals surface area contributed by atoms with Crippen LogP contribution in [0.2, 0.25) is 0 Å². The van der Waals surface area contributed by atoms with Gasteiger partial charge in [0, 0.05) is 46.2 Å². The predicted molar refractivity (Wildman–Crippen MR) is 112 cm³/mol. The van der Waals surface area contributed by atoms with Crippen LogP contribution in [0.5, 0.6) is 5.75 Å². The molecule has 1 atom stereocenters. The number of hydrogen-bond acceptors (Lipinski definition) is 3. The number of guanidine groups is 1. The zero-order valence-corrected chi connectivity index (χ0v) is 17.9. The number of aryl methyl sites for hydroxylation is 1. The maximum absolute atomic E-state index is 11.7. The van der Waals surface area contributed by atoms with Gasteiger partial charge in [-0.3, -0.25) is 9.79 Å². The Morgan fingerprint density at radius 1 is 1.22 bits per heavy atom. The number of nitrogens with zero attached hydrogens (tertiary/aromatic N) is 2. The molecule has 27 heavy (non-hydrogen) atoms. The van der Waals surface area contributed by atoms with E-state index in [1.165, 1.54) is 5.56 Å². The molecule has 6 heteroatoms. The molecule has 0 aliphatic rings. The second-order valence-corrected chi connectivity index (χ2v) is 7.56. The van der Waals surface area contributed by atoms with Crippen LogP contribution in [-0.2, 0) is 11.3 Å². The molecule has 0 spiro atoms. The van der Waals surface area contributed by atoms with Gasteiger partial charge >= 0.3 is 0 Å². The molecule has 0 saturated heterocycles. The number of carbonyl (C=O) groups excluding carboxylic acids is 1. The first-order chi connectivity index (χ1) is 12.7. The van der Waals surface area contributed by atoms with Gasteiger partial charge in [0.05, 0.1) is 6.10 Å². The van der Waals surface area contributed by atoms with Crippen molar-refractivity contribution in [1.82, 2.24) is 15.5 Å². The lowest BCUT2D eigenvalue weighted by Crippen LogP contribution is -2.38. The first-order valence-corrected chi connectivity index (χ1v) is 9.63. The van der Waals surface area contributed by atoms with E-state index in [9.17, 15) is 4.79 Å². The quantitative estimate of drug-likeness (QED) is 0.514. The van der Waals surface area contributed by atoms with Gasteiger partial charge < -0.3 is 20.3 Å². The Kier molecular flexibility index (Phi) is 9.68. The molecular weight excluding hydrogens is 340 g/mol. The fourth-order valence-corrected chi connectivity index (χ4v) is 2.76. The smallest absolute Gasteiger partial charge is 0.223 e. The maximum atomic E-state index is 11.7. The molecule has 0 aliphatic heterocycles. The highest BCUT2D eigenvalue weighted by Gasteiger charge is 2.11. The lowest BCUT2D eigenvalue weighted by molar-refractivity contribution is -0.128. The van der Waals surface area contributed by atoms with Crippen molar-refractivity contribution in [2.24, 2.45) is 10.9 Å². The minimum Gasteiger partial charge on any atom is -0.490 e. The molecule has 152 valence electrons. The van der Waals surface area contributed by atoms with Crippen LogP contribution >= 0.6 is 0 Å². The van der Waals surface area contributed by atoms with E-state index in [-0.39, 0.29) is 12.0 Å². The second-order valence-electron chi connectivity index (χ2n) is 7.56. The number of rotatable bonds is 9. The SMILES string of the molecule is CN=C(NCCC(=O)N(C)C)NCc1ccc(C)cc1OC(C)CC(C)C. The molecule has 0 heterocycles. The molecular formula is C21H36N4O2. The lowest BCUT2D eigenvalue weighted by atomic mass is 10.1. The Labute approximate surface area is 164 Å². The summed E-state index contributed by atoms with van der Waals surface area (Å²) in [6, 6.07) is 6.26. The third kappa shape index (κ3) is 8.80. The van der Waals surface area contributed by atoms with Crippen LogP contribution in [0.15, 0.2) is 23.2 Å². The fourth-order valence-electron chi connectivity index (χ4n) is 2.76. The molecule has 1 rings (SSSR count). The molecule has 1 aromatic carbocycles. The van der Waals surface area contributed by atoms with Crippen molar-refractivity contribution in [3.05, 3.63) is 29.3 Å². The Hall–Kier alpha value is -2.24. The first-order valence-electron chi connectivity index (χ1n) is 9.63. The fraction of sp³-hybridized carbons (Fsp3) is 0.619. The molecule has 1 aromatic rings. The van der Waals surface area contributed by atoms with Gasteiger partial charge in [0.2, 0.25) is 5.91 Å². The molecule has 0 bridgehead atoms. The Morgan fingerprint density at radius 3 is 2.52 bits per heavy atom. The average Bonchev–Trinajstić information content (AvgIpc) is 2.58. The molecule has 1 unspecified atom stereocenters. The highest BCUT2D eigenvalue weighted by Crippen LogP contribution is 2.23. The van der Waals surface area contributed by atoms with Gasteiger partial charge in [0.15, 0.2) is 5.96 Å². The van der Waals surface area contributed by atoms with E-state index in [4.69, 9.17) is 4.74 Å². The van der Waals surface area contributed by atoms with Gasteiger partial charge in [0.1, 0.15) is 5.75 Å². The van der Waals surface area contributed by atoms with Crippen LogP contribution in [0.25, 0.3) is 0 Å². The topological polar surface area (TPSA) is 66.0 Å². The summed E-state index contributed by atoms with van der Waals surface area (Å²) in [4.78, 5) is 17.5. The van der Waals surface area contributed by atoms with Crippen LogP contribution in [0.4, 0.5) is 0 Å². The molecule has 2 N–H and O–H groups in total. The summed E-state index contributed by atoms with van der Waals surface area (Å²) in [6.45, 7) is 9.73. The van der Waals surface area contributed by atoms with E-state index in [2.05, 4.69) is 61.5 Å². The van der Waals surface area contributed by atoms with Crippen molar-refractivity contribution in [2.75, 3.05) is 27.7 Å². The van der Waals surface area contributed by atoms with E-state index in [1.54, 1.807) is 26.0 Å². The molecule has 0 radical (unpaired) electrons. The van der Waals surface area contributed by atoms with E-state index < -0.39 is 0 Å². The van der Waals surface area contributed by atoms with E-state index >= 15 is 0 Å². The van der Waals surface area contributed by atoms with Gasteiger partial charge in [-0.15, -0.1) is 0 Å². The van der Waals surface area contributed by atoms with Crippen LogP contribution in [-0.4, -0.2) is 50.6 Å². The molecule has 1 amide bonds. The standard InChI is InChI=1S/C21H36N4O2/c1-15(2)12-17(4)27-19-13-16(3)8-9-18(19)14-24-21(22-5)23-11-10-20(26)25(6)7/h8-9,13,15,17H,10-12,14H2,1-7H3,(H2,22,23,24). The van der Waals surface area contributed by atoms with Crippen LogP contribution in [0.1, 0.15) is 44.7 Å². The third-order valence-electron chi connectivity index (χ3n) is 4.15. The highest BCUT2D eigenvalue weighted by atomic mass is 16.5. The normalized spacial score (nSPS) is 12.7. The van der Waals surface area contributed by atoms with Crippen molar-refractivity contribution in [2.45, 2.75) is 53.2 Å². The van der Waals surface area contributed by atoms with Crippen molar-refractivity contribution >= 4 is 11.9 Å².